The maximum absolute atomic E-state index is 12.6. The summed E-state index contributed by atoms with van der Waals surface area (Å²) in [6, 6.07) is 8.22. The molecular formula is C23H30N2O5S2. The van der Waals surface area contributed by atoms with Gasteiger partial charge in [0.05, 0.1) is 22.8 Å². The molecule has 0 atom stereocenters. The zero-order chi connectivity index (χ0) is 23.1. The van der Waals surface area contributed by atoms with E-state index in [4.69, 9.17) is 4.74 Å². The van der Waals surface area contributed by atoms with Crippen LogP contribution in [-0.4, -0.2) is 50.6 Å². The van der Waals surface area contributed by atoms with Crippen molar-refractivity contribution in [3.05, 3.63) is 46.3 Å². The van der Waals surface area contributed by atoms with Crippen LogP contribution in [0.2, 0.25) is 0 Å². The Morgan fingerprint density at radius 3 is 2.62 bits per heavy atom. The SMILES string of the molecule is CCCN1CCc2c(sc(NC(=O)CCCS(=O)(=O)c3ccccc3)c2C(=O)OCC)C1. The van der Waals surface area contributed by atoms with Gasteiger partial charge in [0.2, 0.25) is 5.91 Å². The van der Waals surface area contributed by atoms with Gasteiger partial charge in [-0.25, -0.2) is 13.2 Å². The summed E-state index contributed by atoms with van der Waals surface area (Å²) in [5.41, 5.74) is 1.41. The molecule has 0 spiro atoms. The number of hydrogen-bond donors (Lipinski definition) is 1. The fourth-order valence-corrected chi connectivity index (χ4v) is 6.45. The number of sulfone groups is 1. The molecule has 9 heteroatoms. The van der Waals surface area contributed by atoms with Gasteiger partial charge in [0.15, 0.2) is 9.84 Å². The molecule has 1 aliphatic rings. The number of fused-ring (bicyclic) bond motifs is 1. The number of carbonyl (C=O) groups excluding carboxylic acids is 2. The Hall–Kier alpha value is -2.23. The van der Waals surface area contributed by atoms with Crippen LogP contribution >= 0.6 is 11.3 Å². The number of ether oxygens (including phenoxy) is 1. The molecule has 0 unspecified atom stereocenters. The number of rotatable bonds is 10. The Kier molecular flexibility index (Phi) is 8.44. The third-order valence-corrected chi connectivity index (χ3v) is 8.28. The molecule has 0 fully saturated rings. The van der Waals surface area contributed by atoms with Gasteiger partial charge in [0, 0.05) is 24.4 Å². The fourth-order valence-electron chi connectivity index (χ4n) is 3.83. The van der Waals surface area contributed by atoms with Crippen LogP contribution in [0.5, 0.6) is 0 Å². The third-order valence-electron chi connectivity index (χ3n) is 5.33. The number of benzene rings is 1. The maximum atomic E-state index is 12.6. The van der Waals surface area contributed by atoms with Gasteiger partial charge >= 0.3 is 5.97 Å². The summed E-state index contributed by atoms with van der Waals surface area (Å²) < 4.78 is 30.1. The number of amides is 1. The summed E-state index contributed by atoms with van der Waals surface area (Å²) in [4.78, 5) is 28.9. The predicted molar refractivity (Wildman–Crippen MR) is 126 cm³/mol. The quantitative estimate of drug-likeness (QED) is 0.521. The van der Waals surface area contributed by atoms with E-state index in [1.54, 1.807) is 37.3 Å². The van der Waals surface area contributed by atoms with E-state index in [9.17, 15) is 18.0 Å². The summed E-state index contributed by atoms with van der Waals surface area (Å²) in [6.07, 6.45) is 2.05. The molecule has 32 heavy (non-hydrogen) atoms. The molecular weight excluding hydrogens is 448 g/mol. The minimum Gasteiger partial charge on any atom is -0.462 e. The second kappa shape index (κ2) is 11.1. The largest absolute Gasteiger partial charge is 0.462 e. The molecule has 3 rings (SSSR count). The zero-order valence-corrected chi connectivity index (χ0v) is 20.2. The van der Waals surface area contributed by atoms with Crippen LogP contribution in [0.1, 0.15) is 53.9 Å². The van der Waals surface area contributed by atoms with Gasteiger partial charge in [-0.3, -0.25) is 9.69 Å². The maximum Gasteiger partial charge on any atom is 0.341 e. The topological polar surface area (TPSA) is 92.8 Å². The molecule has 7 nitrogen and oxygen atoms in total. The summed E-state index contributed by atoms with van der Waals surface area (Å²) in [7, 11) is -3.43. The van der Waals surface area contributed by atoms with E-state index in [0.717, 1.165) is 42.9 Å². The average molecular weight is 479 g/mol. The summed E-state index contributed by atoms with van der Waals surface area (Å²) in [5, 5.41) is 3.35. The minimum absolute atomic E-state index is 0.0544. The molecule has 1 aliphatic heterocycles. The van der Waals surface area contributed by atoms with Crippen LogP contribution in [0.15, 0.2) is 35.2 Å². The zero-order valence-electron chi connectivity index (χ0n) is 18.6. The van der Waals surface area contributed by atoms with Crippen LogP contribution in [0, 0.1) is 0 Å². The second-order valence-electron chi connectivity index (χ2n) is 7.74. The van der Waals surface area contributed by atoms with Gasteiger partial charge in [-0.05, 0) is 50.4 Å². The van der Waals surface area contributed by atoms with Crippen LogP contribution in [0.25, 0.3) is 0 Å². The van der Waals surface area contributed by atoms with Gasteiger partial charge in [0.25, 0.3) is 0 Å². The lowest BCUT2D eigenvalue weighted by Gasteiger charge is -2.26. The average Bonchev–Trinajstić information content (AvgIpc) is 3.11. The van der Waals surface area contributed by atoms with Crippen molar-refractivity contribution in [3.8, 4) is 0 Å². The highest BCUT2D eigenvalue weighted by atomic mass is 32.2. The van der Waals surface area contributed by atoms with Crippen molar-refractivity contribution < 1.29 is 22.7 Å². The molecule has 2 heterocycles. The van der Waals surface area contributed by atoms with Gasteiger partial charge in [0.1, 0.15) is 5.00 Å². The normalized spacial score (nSPS) is 14.1. The molecule has 0 aliphatic carbocycles. The van der Waals surface area contributed by atoms with E-state index >= 15 is 0 Å². The fraction of sp³-hybridized carbons (Fsp3) is 0.478. The monoisotopic (exact) mass is 478 g/mol. The highest BCUT2D eigenvalue weighted by Gasteiger charge is 2.29. The molecule has 1 aromatic carbocycles. The molecule has 2 aromatic rings. The number of hydrogen-bond acceptors (Lipinski definition) is 7. The first-order valence-electron chi connectivity index (χ1n) is 11.0. The molecule has 0 saturated heterocycles. The molecule has 0 radical (unpaired) electrons. The molecule has 174 valence electrons. The van der Waals surface area contributed by atoms with E-state index in [1.807, 2.05) is 0 Å². The first-order chi connectivity index (χ1) is 15.4. The van der Waals surface area contributed by atoms with Crippen molar-refractivity contribution in [2.24, 2.45) is 0 Å². The van der Waals surface area contributed by atoms with E-state index in [-0.39, 0.29) is 36.0 Å². The highest BCUT2D eigenvalue weighted by Crippen LogP contribution is 2.37. The van der Waals surface area contributed by atoms with E-state index in [1.165, 1.54) is 11.3 Å². The van der Waals surface area contributed by atoms with E-state index in [0.29, 0.717) is 10.6 Å². The number of carbonyl (C=O) groups is 2. The van der Waals surface area contributed by atoms with Gasteiger partial charge in [-0.1, -0.05) is 25.1 Å². The Morgan fingerprint density at radius 2 is 1.94 bits per heavy atom. The molecule has 0 saturated carbocycles. The van der Waals surface area contributed by atoms with Crippen molar-refractivity contribution in [3.63, 3.8) is 0 Å². The van der Waals surface area contributed by atoms with Crippen LogP contribution in [0.4, 0.5) is 5.00 Å². The summed E-state index contributed by atoms with van der Waals surface area (Å²) in [5.74, 6) is -0.832. The van der Waals surface area contributed by atoms with Crippen molar-refractivity contribution >= 4 is 38.1 Å². The van der Waals surface area contributed by atoms with Gasteiger partial charge < -0.3 is 10.1 Å². The van der Waals surface area contributed by atoms with Crippen molar-refractivity contribution in [2.45, 2.75) is 51.0 Å². The van der Waals surface area contributed by atoms with Gasteiger partial charge in [-0.15, -0.1) is 11.3 Å². The smallest absolute Gasteiger partial charge is 0.341 e. The molecule has 1 aromatic heterocycles. The number of nitrogens with one attached hydrogen (secondary N) is 1. The predicted octanol–water partition coefficient (Wildman–Crippen LogP) is 3.89. The lowest BCUT2D eigenvalue weighted by atomic mass is 10.0. The first-order valence-corrected chi connectivity index (χ1v) is 13.4. The van der Waals surface area contributed by atoms with Gasteiger partial charge in [-0.2, -0.15) is 0 Å². The summed E-state index contributed by atoms with van der Waals surface area (Å²) >= 11 is 1.42. The Morgan fingerprint density at radius 1 is 1.19 bits per heavy atom. The highest BCUT2D eigenvalue weighted by molar-refractivity contribution is 7.91. The van der Waals surface area contributed by atoms with E-state index in [2.05, 4.69) is 17.1 Å². The number of anilines is 1. The Balaban J connectivity index is 1.68. The lowest BCUT2D eigenvalue weighted by Crippen LogP contribution is -2.30. The van der Waals surface area contributed by atoms with Crippen LogP contribution < -0.4 is 5.32 Å². The van der Waals surface area contributed by atoms with Crippen LogP contribution in [-0.2, 0) is 32.3 Å². The minimum atomic E-state index is -3.43. The Bertz CT molecular complexity index is 1050. The number of thiophene rings is 1. The second-order valence-corrected chi connectivity index (χ2v) is 11.0. The molecule has 1 N–H and O–H groups in total. The van der Waals surface area contributed by atoms with Crippen LogP contribution in [0.3, 0.4) is 0 Å². The number of esters is 1. The third kappa shape index (κ3) is 5.96. The lowest BCUT2D eigenvalue weighted by molar-refractivity contribution is -0.116. The van der Waals surface area contributed by atoms with Crippen molar-refractivity contribution in [1.82, 2.24) is 4.90 Å². The van der Waals surface area contributed by atoms with E-state index < -0.39 is 15.8 Å². The number of nitrogens with zero attached hydrogens (tertiary/aromatic N) is 1. The van der Waals surface area contributed by atoms with Crippen molar-refractivity contribution in [1.29, 1.82) is 0 Å². The summed E-state index contributed by atoms with van der Waals surface area (Å²) in [6.45, 7) is 6.77. The molecule has 1 amide bonds. The standard InChI is InChI=1S/C23H30N2O5S2/c1-3-13-25-14-12-18-19(16-25)31-22(21(18)23(27)30-4-2)24-20(26)11-8-15-32(28,29)17-9-6-5-7-10-17/h5-7,9-10H,3-4,8,11-16H2,1-2H3,(H,24,26). The molecule has 0 bridgehead atoms. The Labute approximate surface area is 193 Å². The van der Waals surface area contributed by atoms with Crippen molar-refractivity contribution in [2.75, 3.05) is 30.8 Å². The first kappa shape index (κ1) is 24.4.